The Hall–Kier alpha value is -3.26. The molecule has 0 unspecified atom stereocenters. The van der Waals surface area contributed by atoms with Gasteiger partial charge in [0.05, 0.1) is 12.1 Å². The van der Waals surface area contributed by atoms with Gasteiger partial charge in [0.25, 0.3) is 0 Å². The largest absolute Gasteiger partial charge is 0.369 e. The van der Waals surface area contributed by atoms with E-state index in [-0.39, 0.29) is 5.82 Å². The molecule has 1 atom stereocenters. The van der Waals surface area contributed by atoms with Crippen LogP contribution in [0, 0.1) is 12.7 Å². The minimum atomic E-state index is -0.208. The summed E-state index contributed by atoms with van der Waals surface area (Å²) in [6.07, 6.45) is 0. The molecule has 3 heterocycles. The summed E-state index contributed by atoms with van der Waals surface area (Å²) in [5, 5.41) is 5.58. The molecule has 2 N–H and O–H groups in total. The molecule has 154 valence electrons. The number of rotatable bonds is 3. The normalized spacial score (nSPS) is 17.8. The van der Waals surface area contributed by atoms with Crippen molar-refractivity contribution >= 4 is 28.2 Å². The molecule has 0 spiro atoms. The van der Waals surface area contributed by atoms with Crippen molar-refractivity contribution in [2.24, 2.45) is 0 Å². The number of nitrogen functional groups attached to an aromatic ring is 1. The lowest BCUT2D eigenvalue weighted by Crippen LogP contribution is -2.51. The number of para-hydroxylation sites is 1. The average Bonchev–Trinajstić information content (AvgIpc) is 3.16. The summed E-state index contributed by atoms with van der Waals surface area (Å²) in [5.74, 6) is 0.874. The third kappa shape index (κ3) is 3.23. The average molecular weight is 405 g/mol. The highest BCUT2D eigenvalue weighted by Crippen LogP contribution is 2.24. The van der Waals surface area contributed by atoms with Crippen LogP contribution in [0.4, 0.5) is 16.0 Å². The van der Waals surface area contributed by atoms with Crippen LogP contribution >= 0.6 is 0 Å². The van der Waals surface area contributed by atoms with Crippen LogP contribution in [0.2, 0.25) is 0 Å². The molecule has 7 nitrogen and oxygen atoms in total. The van der Waals surface area contributed by atoms with Crippen molar-refractivity contribution in [1.82, 2.24) is 24.5 Å². The Bertz CT molecular complexity index is 1220. The van der Waals surface area contributed by atoms with E-state index in [9.17, 15) is 4.39 Å². The molecule has 4 aromatic rings. The van der Waals surface area contributed by atoms with E-state index in [1.165, 1.54) is 12.1 Å². The fourth-order valence-corrected chi connectivity index (χ4v) is 4.20. The van der Waals surface area contributed by atoms with Gasteiger partial charge in [0.15, 0.2) is 11.5 Å². The molecular weight excluding hydrogens is 381 g/mol. The van der Waals surface area contributed by atoms with E-state index < -0.39 is 0 Å². The summed E-state index contributed by atoms with van der Waals surface area (Å²) in [6, 6.07) is 13.0. The second-order valence-electron chi connectivity index (χ2n) is 7.95. The first-order chi connectivity index (χ1) is 14.5. The van der Waals surface area contributed by atoms with E-state index >= 15 is 0 Å². The van der Waals surface area contributed by atoms with Gasteiger partial charge < -0.3 is 10.6 Å². The van der Waals surface area contributed by atoms with E-state index in [1.54, 1.807) is 4.52 Å². The number of aromatic nitrogens is 4. The number of hydrogen-bond acceptors (Lipinski definition) is 6. The summed E-state index contributed by atoms with van der Waals surface area (Å²) < 4.78 is 14.9. The van der Waals surface area contributed by atoms with Gasteiger partial charge in [-0.2, -0.15) is 4.52 Å². The van der Waals surface area contributed by atoms with E-state index in [0.29, 0.717) is 18.5 Å². The lowest BCUT2D eigenvalue weighted by Gasteiger charge is -2.40. The van der Waals surface area contributed by atoms with Crippen molar-refractivity contribution in [2.45, 2.75) is 26.4 Å². The van der Waals surface area contributed by atoms with Crippen molar-refractivity contribution < 1.29 is 4.39 Å². The quantitative estimate of drug-likeness (QED) is 0.565. The van der Waals surface area contributed by atoms with E-state index in [0.717, 1.165) is 53.3 Å². The van der Waals surface area contributed by atoms with Crippen LogP contribution in [0.5, 0.6) is 0 Å². The Labute approximate surface area is 173 Å². The number of nitrogens with two attached hydrogens (primary N) is 1. The van der Waals surface area contributed by atoms with Gasteiger partial charge in [-0.3, -0.25) is 4.90 Å². The molecule has 2 aromatic carbocycles. The van der Waals surface area contributed by atoms with Crippen molar-refractivity contribution in [1.29, 1.82) is 0 Å². The van der Waals surface area contributed by atoms with Crippen molar-refractivity contribution in [3.63, 3.8) is 0 Å². The molecule has 2 aromatic heterocycles. The second-order valence-corrected chi connectivity index (χ2v) is 7.95. The van der Waals surface area contributed by atoms with Gasteiger partial charge in [-0.25, -0.2) is 14.4 Å². The topological polar surface area (TPSA) is 75.6 Å². The molecule has 0 amide bonds. The third-order valence-electron chi connectivity index (χ3n) is 5.87. The monoisotopic (exact) mass is 405 g/mol. The molecule has 30 heavy (non-hydrogen) atoms. The maximum absolute atomic E-state index is 13.2. The van der Waals surface area contributed by atoms with Gasteiger partial charge in [0.2, 0.25) is 5.95 Å². The van der Waals surface area contributed by atoms with Crippen LogP contribution in [0.1, 0.15) is 18.3 Å². The first-order valence-corrected chi connectivity index (χ1v) is 10.1. The minimum Gasteiger partial charge on any atom is -0.369 e. The van der Waals surface area contributed by atoms with Crippen LogP contribution in [0.25, 0.3) is 16.6 Å². The lowest BCUT2D eigenvalue weighted by molar-refractivity contribution is 0.177. The molecule has 1 aliphatic rings. The predicted molar refractivity (Wildman–Crippen MR) is 116 cm³/mol. The maximum atomic E-state index is 13.2. The Morgan fingerprint density at radius 2 is 1.90 bits per heavy atom. The number of benzene rings is 2. The Morgan fingerprint density at radius 1 is 1.10 bits per heavy atom. The fraction of sp³-hybridized carbons (Fsp3) is 0.318. The van der Waals surface area contributed by atoms with Crippen LogP contribution in [-0.4, -0.2) is 50.2 Å². The van der Waals surface area contributed by atoms with Crippen LogP contribution < -0.4 is 10.6 Å². The zero-order valence-corrected chi connectivity index (χ0v) is 17.1. The molecule has 0 aliphatic carbocycles. The van der Waals surface area contributed by atoms with Gasteiger partial charge in [0, 0.05) is 36.7 Å². The molecule has 1 saturated heterocycles. The first-order valence-electron chi connectivity index (χ1n) is 10.1. The number of hydrogen-bond donors (Lipinski definition) is 1. The zero-order valence-electron chi connectivity index (χ0n) is 17.1. The number of piperazine rings is 1. The smallest absolute Gasteiger partial charge is 0.223 e. The summed E-state index contributed by atoms with van der Waals surface area (Å²) in [6.45, 7) is 7.47. The van der Waals surface area contributed by atoms with E-state index in [1.807, 2.05) is 37.3 Å². The van der Waals surface area contributed by atoms with Gasteiger partial charge in [0.1, 0.15) is 5.82 Å². The number of halogens is 1. The highest BCUT2D eigenvalue weighted by molar-refractivity contribution is 5.93. The van der Waals surface area contributed by atoms with Crippen molar-refractivity contribution in [2.75, 3.05) is 30.3 Å². The number of nitrogens with zero attached hydrogens (tertiary/aromatic N) is 6. The highest BCUT2D eigenvalue weighted by Gasteiger charge is 2.25. The van der Waals surface area contributed by atoms with Gasteiger partial charge in [-0.15, -0.1) is 5.10 Å². The molecule has 8 heteroatoms. The molecule has 1 aliphatic heterocycles. The molecule has 1 fully saturated rings. The number of fused-ring (bicyclic) bond motifs is 3. The van der Waals surface area contributed by atoms with E-state index in [4.69, 9.17) is 10.7 Å². The second kappa shape index (κ2) is 7.21. The highest BCUT2D eigenvalue weighted by atomic mass is 19.1. The van der Waals surface area contributed by atoms with Gasteiger partial charge >= 0.3 is 0 Å². The first kappa shape index (κ1) is 18.7. The summed E-state index contributed by atoms with van der Waals surface area (Å²) in [5.41, 5.74) is 9.89. The molecular formula is C22H24FN7. The van der Waals surface area contributed by atoms with Crippen LogP contribution in [-0.2, 0) is 6.54 Å². The number of aryl methyl sites for hydroxylation is 1. The fourth-order valence-electron chi connectivity index (χ4n) is 4.20. The third-order valence-corrected chi connectivity index (χ3v) is 5.87. The van der Waals surface area contributed by atoms with Gasteiger partial charge in [-0.1, -0.05) is 12.1 Å². The Morgan fingerprint density at radius 3 is 2.67 bits per heavy atom. The molecule has 0 saturated carbocycles. The standard InChI is InChI=1S/C22H24FN7/c1-14-4-3-5-18-20(14)26-22(24)30-21(18)25-19(27-30)13-28-10-11-29(12-15(28)2)17-8-6-16(23)7-9-17/h3-9,15H,10-13H2,1-2H3,(H2,24,26)/t15-/m1/s1. The molecule has 0 bridgehead atoms. The Balaban J connectivity index is 1.38. The van der Waals surface area contributed by atoms with Gasteiger partial charge in [-0.05, 0) is 49.7 Å². The lowest BCUT2D eigenvalue weighted by atomic mass is 10.1. The van der Waals surface area contributed by atoms with Crippen molar-refractivity contribution in [3.8, 4) is 0 Å². The molecule has 5 rings (SSSR count). The van der Waals surface area contributed by atoms with Crippen LogP contribution in [0.3, 0.4) is 0 Å². The zero-order chi connectivity index (χ0) is 20.8. The predicted octanol–water partition coefficient (Wildman–Crippen LogP) is 3.02. The summed E-state index contributed by atoms with van der Waals surface area (Å²) >= 11 is 0. The summed E-state index contributed by atoms with van der Waals surface area (Å²) in [4.78, 5) is 14.0. The maximum Gasteiger partial charge on any atom is 0.223 e. The SMILES string of the molecule is Cc1cccc2c1nc(N)n1nc(CN3CCN(c4ccc(F)cc4)C[C@H]3C)nc21. The summed E-state index contributed by atoms with van der Waals surface area (Å²) in [7, 11) is 0. The number of anilines is 2. The Kier molecular flexibility index (Phi) is 4.51. The van der Waals surface area contributed by atoms with Crippen molar-refractivity contribution in [3.05, 3.63) is 59.7 Å². The van der Waals surface area contributed by atoms with E-state index in [2.05, 4.69) is 26.8 Å². The molecule has 0 radical (unpaired) electrons. The van der Waals surface area contributed by atoms with Crippen LogP contribution in [0.15, 0.2) is 42.5 Å². The minimum absolute atomic E-state index is 0.208.